The van der Waals surface area contributed by atoms with E-state index in [1.165, 1.54) is 5.56 Å². The first-order valence-corrected chi connectivity index (χ1v) is 14.5. The molecule has 0 bridgehead atoms. The summed E-state index contributed by atoms with van der Waals surface area (Å²) in [4.78, 5) is 35.0. The van der Waals surface area contributed by atoms with Gasteiger partial charge in [-0.05, 0) is 67.1 Å². The van der Waals surface area contributed by atoms with Crippen molar-refractivity contribution in [3.8, 4) is 0 Å². The van der Waals surface area contributed by atoms with E-state index in [0.717, 1.165) is 51.4 Å². The summed E-state index contributed by atoms with van der Waals surface area (Å²) in [5.74, 6) is -0.407. The first-order chi connectivity index (χ1) is 19.5. The number of nitrogens with zero attached hydrogens (tertiary/aromatic N) is 4. The average molecular weight is 576 g/mol. The third-order valence-electron chi connectivity index (χ3n) is 7.43. The smallest absolute Gasteiger partial charge is 0.256 e. The molecule has 2 amide bonds. The van der Waals surface area contributed by atoms with Crippen molar-refractivity contribution in [2.45, 2.75) is 25.4 Å². The minimum atomic E-state index is -0.650. The largest absolute Gasteiger partial charge is 0.336 e. The van der Waals surface area contributed by atoms with Gasteiger partial charge in [-0.2, -0.15) is 0 Å². The molecule has 2 aliphatic heterocycles. The highest BCUT2D eigenvalue weighted by atomic mass is 35.5. The molecule has 3 aromatic carbocycles. The molecule has 7 nitrogen and oxygen atoms in total. The summed E-state index contributed by atoms with van der Waals surface area (Å²) in [6, 6.07) is 26.3. The molecule has 2 fully saturated rings. The van der Waals surface area contributed by atoms with Crippen LogP contribution in [0.2, 0.25) is 5.02 Å². The van der Waals surface area contributed by atoms with Crippen LogP contribution in [0.25, 0.3) is 0 Å². The first-order valence-electron chi connectivity index (χ1n) is 13.7. The van der Waals surface area contributed by atoms with Gasteiger partial charge in [0.15, 0.2) is 5.11 Å². The second kappa shape index (κ2) is 13.4. The number of carbonyl (C=O) groups excluding carboxylic acids is 2. The van der Waals surface area contributed by atoms with E-state index >= 15 is 0 Å². The van der Waals surface area contributed by atoms with Crippen LogP contribution < -0.4 is 10.2 Å². The van der Waals surface area contributed by atoms with Gasteiger partial charge in [0.2, 0.25) is 5.91 Å². The summed E-state index contributed by atoms with van der Waals surface area (Å²) in [6.07, 6.45) is 0.868. The molecule has 5 rings (SSSR count). The van der Waals surface area contributed by atoms with E-state index in [9.17, 15) is 9.59 Å². The van der Waals surface area contributed by atoms with Gasteiger partial charge in [0.05, 0.1) is 12.1 Å². The van der Waals surface area contributed by atoms with Gasteiger partial charge in [-0.1, -0.05) is 60.1 Å². The first kappa shape index (κ1) is 28.2. The molecule has 0 aliphatic carbocycles. The number of anilines is 2. The van der Waals surface area contributed by atoms with Gasteiger partial charge in [0, 0.05) is 50.0 Å². The van der Waals surface area contributed by atoms with Crippen LogP contribution in [0.3, 0.4) is 0 Å². The molecule has 40 heavy (non-hydrogen) atoms. The Bertz CT molecular complexity index is 1300. The van der Waals surface area contributed by atoms with Crippen LogP contribution in [-0.4, -0.2) is 76.9 Å². The van der Waals surface area contributed by atoms with E-state index in [1.807, 2.05) is 35.2 Å². The maximum atomic E-state index is 13.6. The van der Waals surface area contributed by atoms with E-state index in [0.29, 0.717) is 22.4 Å². The number of piperazine rings is 1. The molecule has 1 unspecified atom stereocenters. The third-order valence-corrected chi connectivity index (χ3v) is 8.10. The molecule has 2 saturated heterocycles. The van der Waals surface area contributed by atoms with Crippen LogP contribution in [0.1, 0.15) is 18.4 Å². The van der Waals surface area contributed by atoms with Crippen molar-refractivity contribution in [2.24, 2.45) is 0 Å². The lowest BCUT2D eigenvalue weighted by molar-refractivity contribution is -0.124. The number of amides is 2. The Morgan fingerprint density at radius 3 is 2.15 bits per heavy atom. The molecule has 1 atom stereocenters. The molecule has 2 heterocycles. The van der Waals surface area contributed by atoms with Crippen LogP contribution >= 0.6 is 23.8 Å². The number of nitrogens with one attached hydrogen (secondary N) is 1. The molecule has 3 aromatic rings. The summed E-state index contributed by atoms with van der Waals surface area (Å²) < 4.78 is 0. The summed E-state index contributed by atoms with van der Waals surface area (Å²) in [5, 5.41) is 3.93. The van der Waals surface area contributed by atoms with Gasteiger partial charge < -0.3 is 15.1 Å². The van der Waals surface area contributed by atoms with Crippen molar-refractivity contribution < 1.29 is 9.59 Å². The number of halogens is 1. The highest BCUT2D eigenvalue weighted by molar-refractivity contribution is 7.80. The van der Waals surface area contributed by atoms with Gasteiger partial charge in [0.25, 0.3) is 5.91 Å². The summed E-state index contributed by atoms with van der Waals surface area (Å²) in [7, 11) is 0. The van der Waals surface area contributed by atoms with E-state index in [1.54, 1.807) is 29.2 Å². The maximum Gasteiger partial charge on any atom is 0.256 e. The Hall–Kier alpha value is -3.30. The Morgan fingerprint density at radius 1 is 0.850 bits per heavy atom. The molecular formula is C31H34ClN5O2S. The lowest BCUT2D eigenvalue weighted by Gasteiger charge is -2.35. The van der Waals surface area contributed by atoms with Crippen molar-refractivity contribution in [1.29, 1.82) is 0 Å². The normalized spacial score (nSPS) is 18.4. The van der Waals surface area contributed by atoms with E-state index in [2.05, 4.69) is 45.4 Å². The number of para-hydroxylation sites is 1. The standard InChI is InChI=1S/C31H34ClN5O2S/c32-25-12-14-26(15-13-25)33-29(38)22-28-30(39)37(27-10-5-2-6-11-27)31(40)36(28)17-7-16-34-18-20-35(21-19-34)23-24-8-3-1-4-9-24/h1-6,8-15,28H,7,16-23H2,(H,33,38). The topological polar surface area (TPSA) is 59.1 Å². The average Bonchev–Trinajstić information content (AvgIpc) is 3.20. The second-order valence-corrected chi connectivity index (χ2v) is 11.0. The Morgan fingerprint density at radius 2 is 1.48 bits per heavy atom. The summed E-state index contributed by atoms with van der Waals surface area (Å²) in [6.45, 7) is 6.60. The molecule has 1 N–H and O–H groups in total. The number of rotatable bonds is 10. The fourth-order valence-corrected chi connectivity index (χ4v) is 5.84. The molecule has 9 heteroatoms. The number of benzene rings is 3. The molecule has 0 spiro atoms. The maximum absolute atomic E-state index is 13.6. The molecular weight excluding hydrogens is 542 g/mol. The number of carbonyl (C=O) groups is 2. The zero-order valence-corrected chi connectivity index (χ0v) is 24.0. The lowest BCUT2D eigenvalue weighted by Crippen LogP contribution is -2.47. The van der Waals surface area contributed by atoms with Crippen molar-refractivity contribution in [2.75, 3.05) is 49.5 Å². The van der Waals surface area contributed by atoms with Crippen LogP contribution in [0.15, 0.2) is 84.9 Å². The minimum absolute atomic E-state index is 0.0170. The van der Waals surface area contributed by atoms with Crippen molar-refractivity contribution >= 4 is 52.1 Å². The molecule has 208 valence electrons. The SMILES string of the molecule is O=C(CC1C(=O)N(c2ccccc2)C(=S)N1CCCN1CCN(Cc2ccccc2)CC1)Nc1ccc(Cl)cc1. The van der Waals surface area contributed by atoms with Gasteiger partial charge in [-0.25, -0.2) is 0 Å². The number of hydrogen-bond donors (Lipinski definition) is 1. The second-order valence-electron chi connectivity index (χ2n) is 10.2. The van der Waals surface area contributed by atoms with Crippen molar-refractivity contribution in [1.82, 2.24) is 14.7 Å². The Kier molecular flexibility index (Phi) is 9.44. The Balaban J connectivity index is 1.18. The molecule has 0 aromatic heterocycles. The zero-order valence-electron chi connectivity index (χ0n) is 22.4. The molecule has 0 radical (unpaired) electrons. The number of thiocarbonyl (C=S) groups is 1. The van der Waals surface area contributed by atoms with Gasteiger partial charge >= 0.3 is 0 Å². The van der Waals surface area contributed by atoms with Crippen LogP contribution in [0.4, 0.5) is 11.4 Å². The van der Waals surface area contributed by atoms with Crippen molar-refractivity contribution in [3.05, 3.63) is 95.5 Å². The molecule has 2 aliphatic rings. The fourth-order valence-electron chi connectivity index (χ4n) is 5.30. The van der Waals surface area contributed by atoms with E-state index < -0.39 is 6.04 Å². The van der Waals surface area contributed by atoms with E-state index in [4.69, 9.17) is 23.8 Å². The highest BCUT2D eigenvalue weighted by Crippen LogP contribution is 2.27. The van der Waals surface area contributed by atoms with Crippen LogP contribution in [0.5, 0.6) is 0 Å². The molecule has 0 saturated carbocycles. The monoisotopic (exact) mass is 575 g/mol. The fraction of sp³-hybridized carbons (Fsp3) is 0.323. The summed E-state index contributed by atoms with van der Waals surface area (Å²) >= 11 is 11.8. The minimum Gasteiger partial charge on any atom is -0.336 e. The summed E-state index contributed by atoms with van der Waals surface area (Å²) in [5.41, 5.74) is 2.70. The predicted molar refractivity (Wildman–Crippen MR) is 164 cm³/mol. The predicted octanol–water partition coefficient (Wildman–Crippen LogP) is 4.88. The lowest BCUT2D eigenvalue weighted by atomic mass is 10.1. The quantitative estimate of drug-likeness (QED) is 0.348. The third kappa shape index (κ3) is 7.06. The number of hydrogen-bond acceptors (Lipinski definition) is 5. The van der Waals surface area contributed by atoms with Gasteiger partial charge in [-0.15, -0.1) is 0 Å². The van der Waals surface area contributed by atoms with Crippen LogP contribution in [-0.2, 0) is 16.1 Å². The van der Waals surface area contributed by atoms with Gasteiger partial charge in [0.1, 0.15) is 6.04 Å². The Labute approximate surface area is 246 Å². The van der Waals surface area contributed by atoms with Gasteiger partial charge in [-0.3, -0.25) is 19.4 Å². The highest BCUT2D eigenvalue weighted by Gasteiger charge is 2.43. The van der Waals surface area contributed by atoms with E-state index in [-0.39, 0.29) is 18.2 Å². The van der Waals surface area contributed by atoms with Crippen LogP contribution in [0, 0.1) is 0 Å². The zero-order chi connectivity index (χ0) is 27.9. The van der Waals surface area contributed by atoms with Crippen molar-refractivity contribution in [3.63, 3.8) is 0 Å².